The molecule has 3 aromatic rings. The molecule has 142 valence electrons. The predicted molar refractivity (Wildman–Crippen MR) is 106 cm³/mol. The molecule has 0 atom stereocenters. The Morgan fingerprint density at radius 2 is 2.18 bits per heavy atom. The third-order valence-corrected chi connectivity index (χ3v) is 4.81. The van der Waals surface area contributed by atoms with Crippen LogP contribution in [0.1, 0.15) is 22.5 Å². The van der Waals surface area contributed by atoms with Crippen LogP contribution in [0.2, 0.25) is 0 Å². The summed E-state index contributed by atoms with van der Waals surface area (Å²) in [4.78, 5) is 26.2. The number of aromatic amines is 1. The molecule has 8 heteroatoms. The van der Waals surface area contributed by atoms with Crippen molar-refractivity contribution in [3.63, 3.8) is 0 Å². The van der Waals surface area contributed by atoms with E-state index in [4.69, 9.17) is 5.26 Å². The van der Waals surface area contributed by atoms with Crippen LogP contribution in [0.25, 0.3) is 10.9 Å². The lowest BCUT2D eigenvalue weighted by Gasteiger charge is -2.19. The summed E-state index contributed by atoms with van der Waals surface area (Å²) in [6, 6.07) is 8.04. The number of aromatic nitrogens is 3. The average Bonchev–Trinajstić information content (AvgIpc) is 2.93. The average molecular weight is 375 g/mol. The van der Waals surface area contributed by atoms with Gasteiger partial charge in [-0.3, -0.25) is 4.79 Å². The van der Waals surface area contributed by atoms with E-state index in [1.165, 1.54) is 6.20 Å². The molecule has 28 heavy (non-hydrogen) atoms. The summed E-state index contributed by atoms with van der Waals surface area (Å²) in [5, 5.41) is 16.4. The second-order valence-electron chi connectivity index (χ2n) is 6.72. The molecule has 8 nitrogen and oxygen atoms in total. The normalized spacial score (nSPS) is 14.5. The minimum atomic E-state index is -0.0855. The van der Waals surface area contributed by atoms with Gasteiger partial charge in [-0.2, -0.15) is 5.26 Å². The SMILES string of the molecule is N#CCc1c[nH]c2ccc(Nc3cnc(C(=O)N4CCCNCC4)cn3)cc12. The van der Waals surface area contributed by atoms with Crippen LogP contribution in [0.4, 0.5) is 11.5 Å². The Labute approximate surface area is 162 Å². The van der Waals surface area contributed by atoms with E-state index in [1.807, 2.05) is 29.3 Å². The maximum Gasteiger partial charge on any atom is 0.274 e. The van der Waals surface area contributed by atoms with Gasteiger partial charge in [0.2, 0.25) is 0 Å². The number of hydrogen-bond donors (Lipinski definition) is 3. The number of amides is 1. The van der Waals surface area contributed by atoms with Crippen LogP contribution < -0.4 is 10.6 Å². The minimum absolute atomic E-state index is 0.0855. The molecule has 3 N–H and O–H groups in total. The van der Waals surface area contributed by atoms with E-state index in [9.17, 15) is 4.79 Å². The minimum Gasteiger partial charge on any atom is -0.361 e. The number of fused-ring (bicyclic) bond motifs is 1. The lowest BCUT2D eigenvalue weighted by Crippen LogP contribution is -2.34. The molecular formula is C20H21N7O. The summed E-state index contributed by atoms with van der Waals surface area (Å²) in [7, 11) is 0. The molecule has 0 spiro atoms. The highest BCUT2D eigenvalue weighted by molar-refractivity contribution is 5.92. The summed E-state index contributed by atoms with van der Waals surface area (Å²) >= 11 is 0. The van der Waals surface area contributed by atoms with Crippen molar-refractivity contribution in [2.45, 2.75) is 12.8 Å². The second kappa shape index (κ2) is 8.06. The number of anilines is 2. The molecule has 1 aromatic carbocycles. The van der Waals surface area contributed by atoms with Gasteiger partial charge < -0.3 is 20.5 Å². The number of carbonyl (C=O) groups is 1. The first-order valence-corrected chi connectivity index (χ1v) is 9.30. The van der Waals surface area contributed by atoms with Crippen LogP contribution in [-0.2, 0) is 6.42 Å². The first-order chi connectivity index (χ1) is 13.7. The second-order valence-corrected chi connectivity index (χ2v) is 6.72. The zero-order valence-electron chi connectivity index (χ0n) is 15.4. The van der Waals surface area contributed by atoms with Gasteiger partial charge >= 0.3 is 0 Å². The van der Waals surface area contributed by atoms with Crippen molar-refractivity contribution >= 4 is 28.3 Å². The Balaban J connectivity index is 1.48. The number of hydrogen-bond acceptors (Lipinski definition) is 6. The van der Waals surface area contributed by atoms with Crippen molar-refractivity contribution < 1.29 is 4.79 Å². The van der Waals surface area contributed by atoms with Crippen molar-refractivity contribution in [2.75, 3.05) is 31.5 Å². The van der Waals surface area contributed by atoms with E-state index in [-0.39, 0.29) is 5.91 Å². The molecule has 1 amide bonds. The van der Waals surface area contributed by atoms with E-state index in [0.717, 1.165) is 48.2 Å². The molecular weight excluding hydrogens is 354 g/mol. The van der Waals surface area contributed by atoms with Gasteiger partial charge in [0.25, 0.3) is 5.91 Å². The maximum absolute atomic E-state index is 12.6. The summed E-state index contributed by atoms with van der Waals surface area (Å²) in [5.41, 5.74) is 3.14. The fourth-order valence-electron chi connectivity index (χ4n) is 3.35. The molecule has 0 unspecified atom stereocenters. The number of nitrogens with one attached hydrogen (secondary N) is 3. The summed E-state index contributed by atoms with van der Waals surface area (Å²) in [6.45, 7) is 3.14. The Morgan fingerprint density at radius 1 is 1.25 bits per heavy atom. The van der Waals surface area contributed by atoms with Crippen LogP contribution in [0.3, 0.4) is 0 Å². The molecule has 2 aromatic heterocycles. The third kappa shape index (κ3) is 3.80. The standard InChI is InChI=1S/C20H21N7O/c21-5-4-14-11-23-17-3-2-15(10-16(14)17)26-19-13-24-18(12-25-19)20(28)27-8-1-6-22-7-9-27/h2-3,10-13,22-23H,1,4,6-9H2,(H,25,26). The molecule has 1 saturated heterocycles. The van der Waals surface area contributed by atoms with Crippen LogP contribution >= 0.6 is 0 Å². The van der Waals surface area contributed by atoms with Gasteiger partial charge in [-0.05, 0) is 36.7 Å². The third-order valence-electron chi connectivity index (χ3n) is 4.81. The van der Waals surface area contributed by atoms with E-state index in [2.05, 4.69) is 31.7 Å². The van der Waals surface area contributed by atoms with Gasteiger partial charge in [0.1, 0.15) is 11.5 Å². The highest BCUT2D eigenvalue weighted by Crippen LogP contribution is 2.24. The van der Waals surface area contributed by atoms with Gasteiger partial charge in [-0.1, -0.05) is 0 Å². The molecule has 1 aliphatic heterocycles. The number of nitrogens with zero attached hydrogens (tertiary/aromatic N) is 4. The van der Waals surface area contributed by atoms with E-state index < -0.39 is 0 Å². The molecule has 3 heterocycles. The molecule has 0 saturated carbocycles. The van der Waals surface area contributed by atoms with E-state index >= 15 is 0 Å². The molecule has 4 rings (SSSR count). The summed E-state index contributed by atoms with van der Waals surface area (Å²) in [5.74, 6) is 0.475. The Hall–Kier alpha value is -3.44. The lowest BCUT2D eigenvalue weighted by molar-refractivity contribution is 0.0760. The van der Waals surface area contributed by atoms with Crippen molar-refractivity contribution in [3.05, 3.63) is 48.0 Å². The zero-order chi connectivity index (χ0) is 19.3. The van der Waals surface area contributed by atoms with Gasteiger partial charge in [-0.25, -0.2) is 9.97 Å². The van der Waals surface area contributed by atoms with Gasteiger partial charge in [0, 0.05) is 42.4 Å². The highest BCUT2D eigenvalue weighted by atomic mass is 16.2. The van der Waals surface area contributed by atoms with Crippen molar-refractivity contribution in [2.24, 2.45) is 0 Å². The number of nitriles is 1. The quantitative estimate of drug-likeness (QED) is 0.645. The lowest BCUT2D eigenvalue weighted by atomic mass is 10.1. The Kier molecular flexibility index (Phi) is 5.17. The van der Waals surface area contributed by atoms with E-state index in [1.54, 1.807) is 6.20 Å². The number of H-pyrrole nitrogens is 1. The molecule has 1 aliphatic rings. The van der Waals surface area contributed by atoms with Crippen molar-refractivity contribution in [3.8, 4) is 6.07 Å². The Morgan fingerprint density at radius 3 is 3.00 bits per heavy atom. The first-order valence-electron chi connectivity index (χ1n) is 9.30. The highest BCUT2D eigenvalue weighted by Gasteiger charge is 2.18. The van der Waals surface area contributed by atoms with Gasteiger partial charge in [0.05, 0.1) is 24.9 Å². The molecule has 1 fully saturated rings. The van der Waals surface area contributed by atoms with Crippen molar-refractivity contribution in [1.82, 2.24) is 25.2 Å². The Bertz CT molecular complexity index is 1010. The van der Waals surface area contributed by atoms with Crippen LogP contribution in [0.15, 0.2) is 36.8 Å². The maximum atomic E-state index is 12.6. The van der Waals surface area contributed by atoms with Crippen molar-refractivity contribution in [1.29, 1.82) is 5.26 Å². The zero-order valence-corrected chi connectivity index (χ0v) is 15.4. The number of benzene rings is 1. The number of carbonyl (C=O) groups excluding carboxylic acids is 1. The number of rotatable bonds is 4. The fourth-order valence-corrected chi connectivity index (χ4v) is 3.35. The largest absolute Gasteiger partial charge is 0.361 e. The summed E-state index contributed by atoms with van der Waals surface area (Å²) < 4.78 is 0. The van der Waals surface area contributed by atoms with Crippen LogP contribution in [0.5, 0.6) is 0 Å². The molecule has 0 aliphatic carbocycles. The molecule has 0 radical (unpaired) electrons. The summed E-state index contributed by atoms with van der Waals surface area (Å²) in [6.07, 6.45) is 6.23. The smallest absolute Gasteiger partial charge is 0.274 e. The monoisotopic (exact) mass is 375 g/mol. The van der Waals surface area contributed by atoms with Crippen LogP contribution in [-0.4, -0.2) is 51.9 Å². The van der Waals surface area contributed by atoms with Crippen LogP contribution in [0, 0.1) is 11.3 Å². The predicted octanol–water partition coefficient (Wildman–Crippen LogP) is 2.20. The molecule has 0 bridgehead atoms. The first kappa shape index (κ1) is 17.9. The van der Waals surface area contributed by atoms with E-state index in [0.29, 0.717) is 24.5 Å². The van der Waals surface area contributed by atoms with Gasteiger partial charge in [0.15, 0.2) is 0 Å². The topological polar surface area (TPSA) is 110 Å². The fraction of sp³-hybridized carbons (Fsp3) is 0.300. The van der Waals surface area contributed by atoms with Gasteiger partial charge in [-0.15, -0.1) is 0 Å².